The van der Waals surface area contributed by atoms with E-state index in [-0.39, 0.29) is 0 Å². The zero-order chi connectivity index (χ0) is 9.40. The van der Waals surface area contributed by atoms with E-state index in [0.29, 0.717) is 12.3 Å². The van der Waals surface area contributed by atoms with Gasteiger partial charge in [-0.25, -0.2) is 0 Å². The third kappa shape index (κ3) is 6.14. The van der Waals surface area contributed by atoms with Crippen molar-refractivity contribution in [1.29, 1.82) is 0 Å². The Morgan fingerprint density at radius 3 is 2.67 bits per heavy atom. The van der Waals surface area contributed by atoms with Gasteiger partial charge in [0.1, 0.15) is 6.29 Å². The molecule has 0 rings (SSSR count). The first kappa shape index (κ1) is 11.4. The molecule has 0 saturated heterocycles. The van der Waals surface area contributed by atoms with Crippen LogP contribution < -0.4 is 0 Å². The van der Waals surface area contributed by atoms with Crippen LogP contribution >= 0.6 is 0 Å². The molecule has 1 nitrogen and oxygen atoms in total. The third-order valence-corrected chi connectivity index (χ3v) is 2.21. The smallest absolute Gasteiger partial charge is 0.120 e. The lowest BCUT2D eigenvalue weighted by Crippen LogP contribution is -1.94. The average Bonchev–Trinajstić information content (AvgIpc) is 2.04. The molecule has 70 valence electrons. The molecule has 0 aliphatic heterocycles. The first-order chi connectivity index (χ1) is 5.70. The molecule has 0 aromatic heterocycles. The summed E-state index contributed by atoms with van der Waals surface area (Å²) in [6.07, 6.45) is 7.40. The van der Waals surface area contributed by atoms with E-state index < -0.39 is 0 Å². The number of carbonyl (C=O) groups excluding carboxylic acids is 1. The fourth-order valence-corrected chi connectivity index (χ4v) is 1.04. The van der Waals surface area contributed by atoms with Gasteiger partial charge in [-0.15, -0.1) is 0 Å². The van der Waals surface area contributed by atoms with Gasteiger partial charge in [0.15, 0.2) is 0 Å². The van der Waals surface area contributed by atoms with Gasteiger partial charge in [-0.2, -0.15) is 0 Å². The van der Waals surface area contributed by atoms with Gasteiger partial charge in [0, 0.05) is 6.42 Å². The maximum atomic E-state index is 10.2. The second kappa shape index (κ2) is 7.08. The summed E-state index contributed by atoms with van der Waals surface area (Å²) in [7, 11) is 0. The highest BCUT2D eigenvalue weighted by Crippen LogP contribution is 2.10. The third-order valence-electron chi connectivity index (χ3n) is 2.21. The molecule has 0 fully saturated rings. The van der Waals surface area contributed by atoms with Gasteiger partial charge >= 0.3 is 0 Å². The number of allylic oxidation sites excluding steroid dienone is 2. The van der Waals surface area contributed by atoms with Gasteiger partial charge in [0.25, 0.3) is 0 Å². The highest BCUT2D eigenvalue weighted by molar-refractivity contribution is 5.49. The summed E-state index contributed by atoms with van der Waals surface area (Å²) < 4.78 is 0. The Hall–Kier alpha value is -0.590. The highest BCUT2D eigenvalue weighted by atomic mass is 16.1. The molecule has 0 aromatic rings. The number of rotatable bonds is 6. The van der Waals surface area contributed by atoms with E-state index in [4.69, 9.17) is 0 Å². The Balaban J connectivity index is 3.47. The molecule has 1 atom stereocenters. The van der Waals surface area contributed by atoms with Gasteiger partial charge in [0.2, 0.25) is 0 Å². The van der Waals surface area contributed by atoms with Crippen molar-refractivity contribution in [3.8, 4) is 0 Å². The van der Waals surface area contributed by atoms with E-state index in [0.717, 1.165) is 25.5 Å². The van der Waals surface area contributed by atoms with E-state index in [1.165, 1.54) is 5.57 Å². The molecule has 0 radical (unpaired) electrons. The van der Waals surface area contributed by atoms with Crippen molar-refractivity contribution in [2.24, 2.45) is 5.92 Å². The Kier molecular flexibility index (Phi) is 6.73. The van der Waals surface area contributed by atoms with Crippen LogP contribution in [0, 0.1) is 5.92 Å². The highest BCUT2D eigenvalue weighted by Gasteiger charge is 1.98. The van der Waals surface area contributed by atoms with E-state index in [1.807, 2.05) is 0 Å². The van der Waals surface area contributed by atoms with Crippen LogP contribution in [0.2, 0.25) is 0 Å². The lowest BCUT2D eigenvalue weighted by molar-refractivity contribution is -0.108. The Bertz CT molecular complexity index is 147. The summed E-state index contributed by atoms with van der Waals surface area (Å²) in [4.78, 5) is 10.2. The molecule has 1 heteroatoms. The number of aldehydes is 1. The molecule has 0 saturated carbocycles. The maximum Gasteiger partial charge on any atom is 0.120 e. The number of hydrogen-bond donors (Lipinski definition) is 0. The summed E-state index contributed by atoms with van der Waals surface area (Å²) in [5.74, 6) is 0.545. The minimum atomic E-state index is 0.545. The summed E-state index contributed by atoms with van der Waals surface area (Å²) >= 11 is 0. The van der Waals surface area contributed by atoms with Crippen LogP contribution in [0.3, 0.4) is 0 Å². The zero-order valence-corrected chi connectivity index (χ0v) is 8.47. The molecule has 0 spiro atoms. The summed E-state index contributed by atoms with van der Waals surface area (Å²) in [6, 6.07) is 0. The van der Waals surface area contributed by atoms with Crippen LogP contribution in [0.25, 0.3) is 0 Å². The standard InChI is InChI=1S/C11H20O/c1-4-10(2)6-5-7-11(3)8-9-12/h6,9,11H,4-5,7-8H2,1-3H3/b10-6+/t11-/m1/s1. The van der Waals surface area contributed by atoms with Crippen molar-refractivity contribution in [1.82, 2.24) is 0 Å². The van der Waals surface area contributed by atoms with E-state index in [1.54, 1.807) is 0 Å². The summed E-state index contributed by atoms with van der Waals surface area (Å²) in [5, 5.41) is 0. The topological polar surface area (TPSA) is 17.1 Å². The molecule has 0 heterocycles. The van der Waals surface area contributed by atoms with Gasteiger partial charge < -0.3 is 4.79 Å². The van der Waals surface area contributed by atoms with Crippen molar-refractivity contribution < 1.29 is 4.79 Å². The van der Waals surface area contributed by atoms with Gasteiger partial charge in [-0.3, -0.25) is 0 Å². The molecule has 0 aromatic carbocycles. The van der Waals surface area contributed by atoms with E-state index >= 15 is 0 Å². The molecule has 0 bridgehead atoms. The van der Waals surface area contributed by atoms with Crippen molar-refractivity contribution in [2.75, 3.05) is 0 Å². The van der Waals surface area contributed by atoms with Crippen LogP contribution in [-0.2, 0) is 4.79 Å². The minimum absolute atomic E-state index is 0.545. The van der Waals surface area contributed by atoms with Crippen LogP contribution in [0.4, 0.5) is 0 Å². The number of hydrogen-bond acceptors (Lipinski definition) is 1. The molecule has 0 aliphatic carbocycles. The van der Waals surface area contributed by atoms with Crippen molar-refractivity contribution >= 4 is 6.29 Å². The lowest BCUT2D eigenvalue weighted by Gasteiger charge is -2.04. The quantitative estimate of drug-likeness (QED) is 0.439. The summed E-state index contributed by atoms with van der Waals surface area (Å²) in [6.45, 7) is 6.45. The minimum Gasteiger partial charge on any atom is -0.303 e. The molecule has 0 unspecified atom stereocenters. The van der Waals surface area contributed by atoms with Crippen molar-refractivity contribution in [3.05, 3.63) is 11.6 Å². The van der Waals surface area contributed by atoms with Crippen molar-refractivity contribution in [3.63, 3.8) is 0 Å². The summed E-state index contributed by atoms with van der Waals surface area (Å²) in [5.41, 5.74) is 1.45. The average molecular weight is 168 g/mol. The fourth-order valence-electron chi connectivity index (χ4n) is 1.04. The molecular formula is C11H20O. The molecule has 12 heavy (non-hydrogen) atoms. The van der Waals surface area contributed by atoms with Crippen LogP contribution in [0.15, 0.2) is 11.6 Å². The normalized spacial score (nSPS) is 14.4. The molecule has 0 amide bonds. The number of carbonyl (C=O) groups is 1. The van der Waals surface area contributed by atoms with Crippen molar-refractivity contribution in [2.45, 2.75) is 46.5 Å². The second-order valence-electron chi connectivity index (χ2n) is 3.49. The van der Waals surface area contributed by atoms with Gasteiger partial charge in [-0.05, 0) is 32.1 Å². The van der Waals surface area contributed by atoms with Crippen LogP contribution in [0.5, 0.6) is 0 Å². The fraction of sp³-hybridized carbons (Fsp3) is 0.727. The first-order valence-electron chi connectivity index (χ1n) is 4.80. The zero-order valence-electron chi connectivity index (χ0n) is 8.47. The second-order valence-corrected chi connectivity index (χ2v) is 3.49. The Morgan fingerprint density at radius 2 is 2.17 bits per heavy atom. The Morgan fingerprint density at radius 1 is 1.50 bits per heavy atom. The van der Waals surface area contributed by atoms with Gasteiger partial charge in [0.05, 0.1) is 0 Å². The van der Waals surface area contributed by atoms with Crippen LogP contribution in [0.1, 0.15) is 46.5 Å². The molecule has 0 N–H and O–H groups in total. The van der Waals surface area contributed by atoms with Gasteiger partial charge in [-0.1, -0.05) is 25.5 Å². The molecular weight excluding hydrogens is 148 g/mol. The van der Waals surface area contributed by atoms with E-state index in [9.17, 15) is 4.79 Å². The monoisotopic (exact) mass is 168 g/mol. The predicted molar refractivity (Wildman–Crippen MR) is 53.1 cm³/mol. The first-order valence-corrected chi connectivity index (χ1v) is 4.80. The predicted octanol–water partition coefficient (Wildman–Crippen LogP) is 3.35. The maximum absolute atomic E-state index is 10.2. The lowest BCUT2D eigenvalue weighted by atomic mass is 10.0. The van der Waals surface area contributed by atoms with Crippen LogP contribution in [-0.4, -0.2) is 6.29 Å². The largest absolute Gasteiger partial charge is 0.303 e. The Labute approximate surface area is 75.9 Å². The SMILES string of the molecule is CC/C(C)=C/CC[C@@H](C)CC=O. The van der Waals surface area contributed by atoms with E-state index in [2.05, 4.69) is 26.8 Å². The molecule has 0 aliphatic rings.